The van der Waals surface area contributed by atoms with Crippen molar-refractivity contribution in [3.05, 3.63) is 11.7 Å². The van der Waals surface area contributed by atoms with Crippen molar-refractivity contribution in [3.63, 3.8) is 0 Å². The fraction of sp³-hybridized carbons (Fsp3) is 0.800. The van der Waals surface area contributed by atoms with E-state index in [1.807, 2.05) is 13.8 Å². The molecule has 0 saturated carbocycles. The van der Waals surface area contributed by atoms with Crippen LogP contribution in [0.1, 0.15) is 37.9 Å². The van der Waals surface area contributed by atoms with Crippen molar-refractivity contribution in [2.24, 2.45) is 0 Å². The first kappa shape index (κ1) is 10.6. The van der Waals surface area contributed by atoms with Gasteiger partial charge in [0.2, 0.25) is 0 Å². The summed E-state index contributed by atoms with van der Waals surface area (Å²) in [6.07, 6.45) is 1.35. The smallest absolute Gasteiger partial charge is 0.252 e. The van der Waals surface area contributed by atoms with E-state index in [0.717, 1.165) is 25.3 Å². The fourth-order valence-electron chi connectivity index (χ4n) is 1.52. The van der Waals surface area contributed by atoms with Crippen LogP contribution in [-0.2, 0) is 11.3 Å². The predicted molar refractivity (Wildman–Crippen MR) is 54.5 cm³/mol. The van der Waals surface area contributed by atoms with Crippen molar-refractivity contribution in [1.82, 2.24) is 15.5 Å². The van der Waals surface area contributed by atoms with Gasteiger partial charge in [-0.2, -0.15) is 4.98 Å². The minimum absolute atomic E-state index is 0.291. The van der Waals surface area contributed by atoms with Crippen molar-refractivity contribution in [1.29, 1.82) is 0 Å². The zero-order valence-corrected chi connectivity index (χ0v) is 9.19. The van der Waals surface area contributed by atoms with Gasteiger partial charge in [0, 0.05) is 12.5 Å². The Kier molecular flexibility index (Phi) is 3.33. The van der Waals surface area contributed by atoms with Gasteiger partial charge in [0.1, 0.15) is 6.61 Å². The van der Waals surface area contributed by atoms with Crippen molar-refractivity contribution in [2.75, 3.05) is 13.1 Å². The van der Waals surface area contributed by atoms with E-state index in [1.54, 1.807) is 0 Å². The molecule has 1 aliphatic heterocycles. The molecule has 5 nitrogen and oxygen atoms in total. The molecule has 1 aromatic heterocycles. The maximum absolute atomic E-state index is 5.62. The van der Waals surface area contributed by atoms with Crippen molar-refractivity contribution in [3.8, 4) is 0 Å². The van der Waals surface area contributed by atoms with Crippen LogP contribution >= 0.6 is 0 Å². The second-order valence-corrected chi connectivity index (χ2v) is 4.13. The summed E-state index contributed by atoms with van der Waals surface area (Å²) in [5.74, 6) is 1.62. The van der Waals surface area contributed by atoms with E-state index in [0.29, 0.717) is 24.5 Å². The van der Waals surface area contributed by atoms with Crippen LogP contribution in [0.2, 0.25) is 0 Å². The van der Waals surface area contributed by atoms with Gasteiger partial charge in [-0.1, -0.05) is 19.0 Å². The van der Waals surface area contributed by atoms with Gasteiger partial charge < -0.3 is 14.6 Å². The Morgan fingerprint density at radius 3 is 3.07 bits per heavy atom. The summed E-state index contributed by atoms with van der Waals surface area (Å²) in [7, 11) is 0. The molecular weight excluding hydrogens is 194 g/mol. The van der Waals surface area contributed by atoms with Crippen LogP contribution in [0.15, 0.2) is 4.52 Å². The second kappa shape index (κ2) is 4.72. The monoisotopic (exact) mass is 211 g/mol. The Morgan fingerprint density at radius 1 is 1.60 bits per heavy atom. The second-order valence-electron chi connectivity index (χ2n) is 4.13. The Labute approximate surface area is 89.2 Å². The summed E-state index contributed by atoms with van der Waals surface area (Å²) >= 11 is 0. The Bertz CT molecular complexity index is 305. The summed E-state index contributed by atoms with van der Waals surface area (Å²) in [6.45, 7) is 6.45. The van der Waals surface area contributed by atoms with Crippen molar-refractivity contribution < 1.29 is 9.26 Å². The zero-order chi connectivity index (χ0) is 10.7. The molecule has 0 radical (unpaired) electrons. The van der Waals surface area contributed by atoms with Gasteiger partial charge in [-0.3, -0.25) is 0 Å². The lowest BCUT2D eigenvalue weighted by atomic mass is 10.2. The lowest BCUT2D eigenvalue weighted by Gasteiger charge is -2.06. The standard InChI is InChI=1S/C10H17N3O2/c1-7(2)10-12-9(15-13-10)6-14-8-3-4-11-5-8/h7-8,11H,3-6H2,1-2H3. The van der Waals surface area contributed by atoms with E-state index >= 15 is 0 Å². The molecule has 1 fully saturated rings. The molecular formula is C10H17N3O2. The molecule has 1 saturated heterocycles. The quantitative estimate of drug-likeness (QED) is 0.807. The van der Waals surface area contributed by atoms with Gasteiger partial charge in [-0.05, 0) is 13.0 Å². The number of hydrogen-bond acceptors (Lipinski definition) is 5. The minimum Gasteiger partial charge on any atom is -0.367 e. The van der Waals surface area contributed by atoms with Gasteiger partial charge in [-0.25, -0.2) is 0 Å². The lowest BCUT2D eigenvalue weighted by molar-refractivity contribution is 0.0383. The maximum atomic E-state index is 5.62. The number of rotatable bonds is 4. The average Bonchev–Trinajstić information content (AvgIpc) is 2.86. The number of ether oxygens (including phenoxy) is 1. The van der Waals surface area contributed by atoms with Crippen LogP contribution in [0.25, 0.3) is 0 Å². The molecule has 84 valence electrons. The van der Waals surface area contributed by atoms with Crippen LogP contribution in [0.3, 0.4) is 0 Å². The predicted octanol–water partition coefficient (Wildman–Crippen LogP) is 1.07. The molecule has 0 amide bonds. The highest BCUT2D eigenvalue weighted by Crippen LogP contribution is 2.11. The average molecular weight is 211 g/mol. The third kappa shape index (κ3) is 2.76. The SMILES string of the molecule is CC(C)c1noc(COC2CCNC2)n1. The molecule has 1 aromatic rings. The van der Waals surface area contributed by atoms with E-state index in [1.165, 1.54) is 0 Å². The van der Waals surface area contributed by atoms with Crippen LogP contribution in [0.5, 0.6) is 0 Å². The molecule has 1 aliphatic rings. The summed E-state index contributed by atoms with van der Waals surface area (Å²) < 4.78 is 10.7. The van der Waals surface area contributed by atoms with Crippen LogP contribution in [-0.4, -0.2) is 29.3 Å². The summed E-state index contributed by atoms with van der Waals surface area (Å²) in [4.78, 5) is 4.25. The molecule has 15 heavy (non-hydrogen) atoms. The van der Waals surface area contributed by atoms with E-state index in [2.05, 4.69) is 15.5 Å². The number of aromatic nitrogens is 2. The van der Waals surface area contributed by atoms with E-state index in [4.69, 9.17) is 9.26 Å². The van der Waals surface area contributed by atoms with Gasteiger partial charge in [0.05, 0.1) is 6.10 Å². The Balaban J connectivity index is 1.82. The zero-order valence-electron chi connectivity index (χ0n) is 9.19. The molecule has 1 atom stereocenters. The molecule has 0 aliphatic carbocycles. The molecule has 1 N–H and O–H groups in total. The number of nitrogens with zero attached hydrogens (tertiary/aromatic N) is 2. The lowest BCUT2D eigenvalue weighted by Crippen LogP contribution is -2.16. The molecule has 0 spiro atoms. The van der Waals surface area contributed by atoms with E-state index in [-0.39, 0.29) is 0 Å². The van der Waals surface area contributed by atoms with Gasteiger partial charge in [0.25, 0.3) is 5.89 Å². The molecule has 1 unspecified atom stereocenters. The summed E-state index contributed by atoms with van der Waals surface area (Å²) in [5.41, 5.74) is 0. The molecule has 0 bridgehead atoms. The number of hydrogen-bond donors (Lipinski definition) is 1. The first-order valence-electron chi connectivity index (χ1n) is 5.40. The Morgan fingerprint density at radius 2 is 2.47 bits per heavy atom. The van der Waals surface area contributed by atoms with Gasteiger partial charge in [0.15, 0.2) is 5.82 Å². The molecule has 2 rings (SSSR count). The highest BCUT2D eigenvalue weighted by Gasteiger charge is 2.16. The fourth-order valence-corrected chi connectivity index (χ4v) is 1.52. The highest BCUT2D eigenvalue weighted by molar-refractivity contribution is 4.90. The minimum atomic E-state index is 0.291. The molecule has 5 heteroatoms. The first-order chi connectivity index (χ1) is 7.25. The maximum Gasteiger partial charge on any atom is 0.252 e. The van der Waals surface area contributed by atoms with Crippen LogP contribution in [0, 0.1) is 0 Å². The van der Waals surface area contributed by atoms with E-state index < -0.39 is 0 Å². The van der Waals surface area contributed by atoms with Gasteiger partial charge >= 0.3 is 0 Å². The van der Waals surface area contributed by atoms with Crippen molar-refractivity contribution in [2.45, 2.75) is 38.9 Å². The first-order valence-corrected chi connectivity index (χ1v) is 5.40. The summed E-state index contributed by atoms with van der Waals surface area (Å²) in [6, 6.07) is 0. The van der Waals surface area contributed by atoms with E-state index in [9.17, 15) is 0 Å². The van der Waals surface area contributed by atoms with Crippen molar-refractivity contribution >= 4 is 0 Å². The normalized spacial score (nSPS) is 21.4. The van der Waals surface area contributed by atoms with Crippen LogP contribution in [0.4, 0.5) is 0 Å². The largest absolute Gasteiger partial charge is 0.367 e. The molecule has 2 heterocycles. The Hall–Kier alpha value is -0.940. The number of nitrogens with one attached hydrogen (secondary N) is 1. The highest BCUT2D eigenvalue weighted by atomic mass is 16.5. The summed E-state index contributed by atoms with van der Waals surface area (Å²) in [5, 5.41) is 7.12. The molecule has 0 aromatic carbocycles. The third-order valence-corrected chi connectivity index (χ3v) is 2.46. The van der Waals surface area contributed by atoms with Crippen LogP contribution < -0.4 is 5.32 Å². The van der Waals surface area contributed by atoms with Gasteiger partial charge in [-0.15, -0.1) is 0 Å². The third-order valence-electron chi connectivity index (χ3n) is 2.46. The topological polar surface area (TPSA) is 60.2 Å².